The standard InChI is InChI=1S/C19H21F2N3O3S/c1-24(12-18(26)23-14-4-3-5-15(10-14)27-2)11-17(25)22-13-6-8-16(9-7-13)28-19(20)21/h3-10,19H,11-12H2,1-2H3,(H,22,25)(H,23,26)/p+1. The highest BCUT2D eigenvalue weighted by molar-refractivity contribution is 7.99. The first-order valence-electron chi connectivity index (χ1n) is 8.45. The number of carbonyl (C=O) groups is 2. The van der Waals surface area contributed by atoms with Crippen LogP contribution in [0.5, 0.6) is 5.75 Å². The molecule has 2 rings (SSSR count). The van der Waals surface area contributed by atoms with Crippen molar-refractivity contribution in [2.45, 2.75) is 10.7 Å². The van der Waals surface area contributed by atoms with Gasteiger partial charge < -0.3 is 20.3 Å². The van der Waals surface area contributed by atoms with E-state index in [0.29, 0.717) is 38.7 Å². The summed E-state index contributed by atoms with van der Waals surface area (Å²) in [6.45, 7) is 0.188. The number of carbonyl (C=O) groups excluding carboxylic acids is 2. The van der Waals surface area contributed by atoms with Gasteiger partial charge in [0.1, 0.15) is 5.75 Å². The van der Waals surface area contributed by atoms with Gasteiger partial charge in [0.15, 0.2) is 13.1 Å². The van der Waals surface area contributed by atoms with Gasteiger partial charge in [-0.2, -0.15) is 8.78 Å². The third-order valence-corrected chi connectivity index (χ3v) is 4.36. The van der Waals surface area contributed by atoms with Crippen LogP contribution < -0.4 is 20.3 Å². The lowest BCUT2D eigenvalue weighted by atomic mass is 10.3. The van der Waals surface area contributed by atoms with E-state index < -0.39 is 5.76 Å². The molecular formula is C19H22F2N3O3S+. The Morgan fingerprint density at radius 1 is 1.04 bits per heavy atom. The van der Waals surface area contributed by atoms with Crippen molar-refractivity contribution in [1.82, 2.24) is 0 Å². The molecule has 0 saturated carbocycles. The van der Waals surface area contributed by atoms with E-state index in [1.807, 2.05) is 0 Å². The van der Waals surface area contributed by atoms with Crippen molar-refractivity contribution >= 4 is 35.0 Å². The molecule has 3 N–H and O–H groups in total. The number of ether oxygens (including phenoxy) is 1. The van der Waals surface area contributed by atoms with Crippen LogP contribution in [-0.4, -0.2) is 44.8 Å². The van der Waals surface area contributed by atoms with Crippen LogP contribution >= 0.6 is 11.8 Å². The third kappa shape index (κ3) is 7.53. The van der Waals surface area contributed by atoms with Crippen molar-refractivity contribution in [2.24, 2.45) is 0 Å². The maximum Gasteiger partial charge on any atom is 0.288 e. The van der Waals surface area contributed by atoms with E-state index in [1.54, 1.807) is 50.6 Å². The molecule has 0 aliphatic heterocycles. The molecule has 0 aliphatic rings. The number of hydrogen-bond acceptors (Lipinski definition) is 4. The number of hydrogen-bond donors (Lipinski definition) is 3. The molecule has 0 spiro atoms. The fourth-order valence-corrected chi connectivity index (χ4v) is 2.94. The summed E-state index contributed by atoms with van der Waals surface area (Å²) in [4.78, 5) is 25.3. The Bertz CT molecular complexity index is 803. The van der Waals surface area contributed by atoms with E-state index in [-0.39, 0.29) is 24.9 Å². The first-order chi connectivity index (χ1) is 13.4. The highest BCUT2D eigenvalue weighted by atomic mass is 32.2. The number of quaternary nitrogens is 1. The Balaban J connectivity index is 1.79. The molecule has 0 aliphatic carbocycles. The quantitative estimate of drug-likeness (QED) is 0.554. The summed E-state index contributed by atoms with van der Waals surface area (Å²) in [7, 11) is 3.27. The molecule has 0 saturated heterocycles. The minimum absolute atomic E-state index is 0.0824. The Labute approximate surface area is 166 Å². The number of halogens is 2. The second kappa shape index (κ2) is 10.6. The van der Waals surface area contributed by atoms with Crippen LogP contribution in [0.1, 0.15) is 0 Å². The van der Waals surface area contributed by atoms with Crippen LogP contribution in [0.25, 0.3) is 0 Å². The molecular weight excluding hydrogens is 388 g/mol. The number of anilines is 2. The van der Waals surface area contributed by atoms with Gasteiger partial charge in [0.05, 0.1) is 14.2 Å². The van der Waals surface area contributed by atoms with E-state index >= 15 is 0 Å². The van der Waals surface area contributed by atoms with E-state index in [0.717, 1.165) is 0 Å². The molecule has 0 bridgehead atoms. The van der Waals surface area contributed by atoms with Crippen LogP contribution in [0.2, 0.25) is 0 Å². The minimum Gasteiger partial charge on any atom is -0.497 e. The monoisotopic (exact) mass is 410 g/mol. The van der Waals surface area contributed by atoms with Gasteiger partial charge in [-0.1, -0.05) is 17.8 Å². The van der Waals surface area contributed by atoms with Crippen molar-refractivity contribution in [3.05, 3.63) is 48.5 Å². The lowest BCUT2D eigenvalue weighted by Gasteiger charge is -2.14. The molecule has 0 fully saturated rings. The molecule has 9 heteroatoms. The maximum atomic E-state index is 12.3. The first-order valence-corrected chi connectivity index (χ1v) is 9.33. The van der Waals surface area contributed by atoms with Gasteiger partial charge >= 0.3 is 0 Å². The van der Waals surface area contributed by atoms with Crippen LogP contribution in [0, 0.1) is 0 Å². The largest absolute Gasteiger partial charge is 0.497 e. The number of nitrogens with one attached hydrogen (secondary N) is 3. The molecule has 0 radical (unpaired) electrons. The van der Waals surface area contributed by atoms with Crippen LogP contribution in [0.15, 0.2) is 53.4 Å². The SMILES string of the molecule is COc1cccc(NC(=O)C[NH+](C)CC(=O)Nc2ccc(SC(F)F)cc2)c1. The fraction of sp³-hybridized carbons (Fsp3) is 0.263. The van der Waals surface area contributed by atoms with Gasteiger partial charge in [0.2, 0.25) is 0 Å². The Morgan fingerprint density at radius 3 is 2.21 bits per heavy atom. The minimum atomic E-state index is -2.49. The van der Waals surface area contributed by atoms with Crippen molar-refractivity contribution in [3.63, 3.8) is 0 Å². The van der Waals surface area contributed by atoms with E-state index in [2.05, 4.69) is 10.6 Å². The lowest BCUT2D eigenvalue weighted by Crippen LogP contribution is -3.11. The Hall–Kier alpha value is -2.65. The van der Waals surface area contributed by atoms with Gasteiger partial charge in [0.25, 0.3) is 17.6 Å². The summed E-state index contributed by atoms with van der Waals surface area (Å²) >= 11 is 0.444. The topological polar surface area (TPSA) is 71.9 Å². The number of rotatable bonds is 9. The summed E-state index contributed by atoms with van der Waals surface area (Å²) in [5.41, 5.74) is 1.13. The van der Waals surface area contributed by atoms with Gasteiger partial charge in [-0.3, -0.25) is 9.59 Å². The third-order valence-electron chi connectivity index (χ3n) is 3.64. The summed E-state index contributed by atoms with van der Waals surface area (Å²) in [6.07, 6.45) is 0. The number of benzene rings is 2. The summed E-state index contributed by atoms with van der Waals surface area (Å²) in [6, 6.07) is 13.2. The molecule has 2 aromatic rings. The number of alkyl halides is 2. The lowest BCUT2D eigenvalue weighted by molar-refractivity contribution is -0.862. The summed E-state index contributed by atoms with van der Waals surface area (Å²) in [5, 5.41) is 5.44. The predicted octanol–water partition coefficient (Wildman–Crippen LogP) is 2.10. The van der Waals surface area contributed by atoms with Crippen molar-refractivity contribution < 1.29 is 28.0 Å². The van der Waals surface area contributed by atoms with Crippen LogP contribution in [0.3, 0.4) is 0 Å². The van der Waals surface area contributed by atoms with Gasteiger partial charge in [-0.25, -0.2) is 0 Å². The number of likely N-dealkylation sites (N-methyl/N-ethyl adjacent to an activating group) is 1. The Kier molecular flexibility index (Phi) is 8.21. The maximum absolute atomic E-state index is 12.3. The molecule has 28 heavy (non-hydrogen) atoms. The normalized spacial score (nSPS) is 11.8. The van der Waals surface area contributed by atoms with Crippen molar-refractivity contribution in [2.75, 3.05) is 37.9 Å². The van der Waals surface area contributed by atoms with E-state index in [4.69, 9.17) is 4.74 Å². The molecule has 1 atom stereocenters. The molecule has 0 heterocycles. The molecule has 1 unspecified atom stereocenters. The highest BCUT2D eigenvalue weighted by Gasteiger charge is 2.15. The van der Waals surface area contributed by atoms with Crippen molar-refractivity contribution in [3.8, 4) is 5.75 Å². The molecule has 6 nitrogen and oxygen atoms in total. The smallest absolute Gasteiger partial charge is 0.288 e. The zero-order valence-electron chi connectivity index (χ0n) is 15.5. The second-order valence-electron chi connectivity index (χ2n) is 6.04. The average molecular weight is 410 g/mol. The van der Waals surface area contributed by atoms with Gasteiger partial charge in [-0.05, 0) is 36.4 Å². The van der Waals surface area contributed by atoms with E-state index in [9.17, 15) is 18.4 Å². The zero-order valence-corrected chi connectivity index (χ0v) is 16.3. The predicted molar refractivity (Wildman–Crippen MR) is 105 cm³/mol. The summed E-state index contributed by atoms with van der Waals surface area (Å²) in [5.74, 6) is -2.36. The van der Waals surface area contributed by atoms with Gasteiger partial charge in [-0.15, -0.1) is 0 Å². The summed E-state index contributed by atoms with van der Waals surface area (Å²) < 4.78 is 29.7. The number of thioether (sulfide) groups is 1. The molecule has 2 aromatic carbocycles. The molecule has 150 valence electrons. The zero-order chi connectivity index (χ0) is 20.5. The first kappa shape index (κ1) is 21.6. The van der Waals surface area contributed by atoms with Crippen LogP contribution in [0.4, 0.5) is 20.2 Å². The average Bonchev–Trinajstić information content (AvgIpc) is 2.62. The number of amides is 2. The van der Waals surface area contributed by atoms with Crippen molar-refractivity contribution in [1.29, 1.82) is 0 Å². The highest BCUT2D eigenvalue weighted by Crippen LogP contribution is 2.26. The fourth-order valence-electron chi connectivity index (χ4n) is 2.44. The molecule has 0 aromatic heterocycles. The van der Waals surface area contributed by atoms with Gasteiger partial charge in [0, 0.05) is 22.3 Å². The van der Waals surface area contributed by atoms with Crippen LogP contribution in [-0.2, 0) is 9.59 Å². The van der Waals surface area contributed by atoms with E-state index in [1.165, 1.54) is 12.1 Å². The molecule has 2 amide bonds. The second-order valence-corrected chi connectivity index (χ2v) is 7.11. The number of methoxy groups -OCH3 is 1. The Morgan fingerprint density at radius 2 is 1.64 bits per heavy atom.